The number of hydrogen-bond acceptors (Lipinski definition) is 3. The summed E-state index contributed by atoms with van der Waals surface area (Å²) >= 11 is 0. The lowest BCUT2D eigenvalue weighted by atomic mass is 9.50. The molecule has 128 valence electrons. The number of rotatable bonds is 3. The summed E-state index contributed by atoms with van der Waals surface area (Å²) in [4.78, 5) is 12.5. The summed E-state index contributed by atoms with van der Waals surface area (Å²) < 4.78 is 26.1. The molecule has 3 saturated carbocycles. The monoisotopic (exact) mass is 331 g/mol. The number of nitrogens with one attached hydrogen (secondary N) is 1. The fourth-order valence-corrected chi connectivity index (χ4v) is 3.78. The van der Waals surface area contributed by atoms with Crippen LogP contribution in [0, 0.1) is 11.7 Å². The van der Waals surface area contributed by atoms with Crippen molar-refractivity contribution < 1.29 is 18.5 Å². The Morgan fingerprint density at radius 3 is 2.25 bits per heavy atom. The molecule has 3 aliphatic carbocycles. The summed E-state index contributed by atoms with van der Waals surface area (Å²) in [5.74, 6) is 0.223. The van der Waals surface area contributed by atoms with Gasteiger partial charge < -0.3 is 14.6 Å². The molecule has 0 aromatic heterocycles. The highest BCUT2D eigenvalue weighted by Gasteiger charge is 2.57. The maximum Gasteiger partial charge on any atom is 0.497 e. The molecule has 6 heteroatoms. The molecule has 0 radical (unpaired) electrons. The molecule has 0 atom stereocenters. The van der Waals surface area contributed by atoms with Crippen LogP contribution in [0.3, 0.4) is 0 Å². The fourth-order valence-electron chi connectivity index (χ4n) is 3.78. The highest BCUT2D eigenvalue weighted by Crippen LogP contribution is 2.56. The van der Waals surface area contributed by atoms with Gasteiger partial charge in [0, 0.05) is 16.6 Å². The Bertz CT molecular complexity index is 685. The normalized spacial score (nSPS) is 32.0. The molecule has 2 bridgehead atoms. The number of amides is 1. The van der Waals surface area contributed by atoms with Gasteiger partial charge in [-0.05, 0) is 71.1 Å². The van der Waals surface area contributed by atoms with Crippen LogP contribution in [-0.2, 0) is 9.31 Å². The lowest BCUT2D eigenvalue weighted by Gasteiger charge is -2.61. The molecule has 4 nitrogen and oxygen atoms in total. The topological polar surface area (TPSA) is 47.6 Å². The van der Waals surface area contributed by atoms with Gasteiger partial charge in [0.1, 0.15) is 5.82 Å². The van der Waals surface area contributed by atoms with Gasteiger partial charge >= 0.3 is 7.12 Å². The lowest BCUT2D eigenvalue weighted by Crippen LogP contribution is -2.68. The minimum Gasteiger partial charge on any atom is -0.399 e. The largest absolute Gasteiger partial charge is 0.497 e. The lowest BCUT2D eigenvalue weighted by molar-refractivity contribution is -0.0438. The summed E-state index contributed by atoms with van der Waals surface area (Å²) in [7, 11) is -0.808. The Labute approximate surface area is 142 Å². The Morgan fingerprint density at radius 2 is 1.75 bits per heavy atom. The van der Waals surface area contributed by atoms with Crippen molar-refractivity contribution in [1.29, 1.82) is 0 Å². The average molecular weight is 331 g/mol. The van der Waals surface area contributed by atoms with E-state index in [9.17, 15) is 9.18 Å². The van der Waals surface area contributed by atoms with Crippen LogP contribution in [0.25, 0.3) is 0 Å². The molecule has 1 aliphatic heterocycles. The van der Waals surface area contributed by atoms with Crippen LogP contribution in [0.4, 0.5) is 4.39 Å². The summed E-state index contributed by atoms with van der Waals surface area (Å²) in [6.45, 7) is 7.68. The first-order chi connectivity index (χ1) is 11.1. The SMILES string of the molecule is CC1(C)OB(c2cc(C(=O)NC34CC(C3)C4)ccc2F)OC1(C)C. The van der Waals surface area contributed by atoms with Gasteiger partial charge in [0.25, 0.3) is 5.91 Å². The first-order valence-corrected chi connectivity index (χ1v) is 8.58. The number of carbonyl (C=O) groups is 1. The van der Waals surface area contributed by atoms with Crippen LogP contribution in [0.5, 0.6) is 0 Å². The van der Waals surface area contributed by atoms with E-state index in [1.54, 1.807) is 6.07 Å². The van der Waals surface area contributed by atoms with Crippen molar-refractivity contribution in [2.45, 2.75) is 63.7 Å². The van der Waals surface area contributed by atoms with Gasteiger partial charge in [-0.1, -0.05) is 0 Å². The number of hydrogen-bond donors (Lipinski definition) is 1. The molecule has 24 heavy (non-hydrogen) atoms. The maximum absolute atomic E-state index is 14.3. The van der Waals surface area contributed by atoms with E-state index < -0.39 is 24.1 Å². The third kappa shape index (κ3) is 2.31. The second-order valence-electron chi connectivity index (χ2n) is 8.54. The fraction of sp³-hybridized carbons (Fsp3) is 0.611. The van der Waals surface area contributed by atoms with Crippen molar-refractivity contribution in [3.63, 3.8) is 0 Å². The van der Waals surface area contributed by atoms with E-state index in [2.05, 4.69) is 5.32 Å². The van der Waals surface area contributed by atoms with Crippen molar-refractivity contribution in [3.8, 4) is 0 Å². The minimum atomic E-state index is -0.808. The molecule has 0 spiro atoms. The van der Waals surface area contributed by atoms with E-state index in [4.69, 9.17) is 9.31 Å². The van der Waals surface area contributed by atoms with Gasteiger partial charge in [-0.3, -0.25) is 4.79 Å². The maximum atomic E-state index is 14.3. The molecule has 1 aromatic carbocycles. The number of carbonyl (C=O) groups excluding carboxylic acids is 1. The first kappa shape index (κ1) is 16.1. The van der Waals surface area contributed by atoms with Crippen molar-refractivity contribution in [1.82, 2.24) is 5.32 Å². The van der Waals surface area contributed by atoms with E-state index in [1.807, 2.05) is 27.7 Å². The second-order valence-corrected chi connectivity index (χ2v) is 8.54. The smallest absolute Gasteiger partial charge is 0.399 e. The average Bonchev–Trinajstić information content (AvgIpc) is 2.61. The molecule has 0 unspecified atom stereocenters. The zero-order chi connectivity index (χ0) is 17.3. The molecule has 1 saturated heterocycles. The summed E-state index contributed by atoms with van der Waals surface area (Å²) in [6.07, 6.45) is 3.22. The van der Waals surface area contributed by atoms with Crippen LogP contribution in [0.15, 0.2) is 18.2 Å². The molecular weight excluding hydrogens is 308 g/mol. The Kier molecular flexibility index (Phi) is 3.24. The van der Waals surface area contributed by atoms with Crippen LogP contribution in [0.2, 0.25) is 0 Å². The molecule has 1 amide bonds. The number of halogens is 1. The Morgan fingerprint density at radius 1 is 1.17 bits per heavy atom. The van der Waals surface area contributed by atoms with Crippen LogP contribution in [0.1, 0.15) is 57.3 Å². The van der Waals surface area contributed by atoms with E-state index in [0.717, 1.165) is 25.2 Å². The second kappa shape index (κ2) is 4.82. The van der Waals surface area contributed by atoms with Crippen LogP contribution < -0.4 is 10.8 Å². The quantitative estimate of drug-likeness (QED) is 0.866. The van der Waals surface area contributed by atoms with Gasteiger partial charge in [-0.15, -0.1) is 0 Å². The van der Waals surface area contributed by atoms with E-state index >= 15 is 0 Å². The summed E-state index contributed by atoms with van der Waals surface area (Å²) in [5, 5.41) is 3.10. The van der Waals surface area contributed by atoms with E-state index in [1.165, 1.54) is 12.1 Å². The zero-order valence-electron chi connectivity index (χ0n) is 14.6. The summed E-state index contributed by atoms with van der Waals surface area (Å²) in [6, 6.07) is 4.39. The molecule has 4 fully saturated rings. The van der Waals surface area contributed by atoms with E-state index in [-0.39, 0.29) is 16.9 Å². The van der Waals surface area contributed by atoms with E-state index in [0.29, 0.717) is 5.56 Å². The van der Waals surface area contributed by atoms with Gasteiger partial charge in [-0.2, -0.15) is 0 Å². The third-order valence-electron chi connectivity index (χ3n) is 6.18. The molecule has 4 aliphatic rings. The predicted octanol–water partition coefficient (Wildman–Crippen LogP) is 2.41. The van der Waals surface area contributed by atoms with Gasteiger partial charge in [0.05, 0.1) is 11.2 Å². The summed E-state index contributed by atoms with van der Waals surface area (Å²) in [5.41, 5.74) is -0.368. The van der Waals surface area contributed by atoms with Crippen molar-refractivity contribution in [3.05, 3.63) is 29.6 Å². The first-order valence-electron chi connectivity index (χ1n) is 8.58. The van der Waals surface area contributed by atoms with Gasteiger partial charge in [0.2, 0.25) is 0 Å². The van der Waals surface area contributed by atoms with Crippen LogP contribution in [-0.4, -0.2) is 29.8 Å². The minimum absolute atomic E-state index is 0.000635. The van der Waals surface area contributed by atoms with Crippen molar-refractivity contribution in [2.24, 2.45) is 5.92 Å². The molecule has 1 N–H and O–H groups in total. The highest BCUT2D eigenvalue weighted by atomic mass is 19.1. The predicted molar refractivity (Wildman–Crippen MR) is 89.7 cm³/mol. The highest BCUT2D eigenvalue weighted by molar-refractivity contribution is 6.62. The third-order valence-corrected chi connectivity index (χ3v) is 6.18. The van der Waals surface area contributed by atoms with Crippen LogP contribution >= 0.6 is 0 Å². The Balaban J connectivity index is 1.57. The zero-order valence-corrected chi connectivity index (χ0v) is 14.6. The van der Waals surface area contributed by atoms with Crippen molar-refractivity contribution in [2.75, 3.05) is 0 Å². The molecule has 1 heterocycles. The standard InChI is InChI=1S/C18H23BFNO3/c1-16(2)17(3,4)24-19(23-16)13-7-12(5-6-14(13)20)15(22)21-18-8-11(9-18)10-18/h5-7,11H,8-10H2,1-4H3,(H,21,22). The molecule has 5 rings (SSSR count). The van der Waals surface area contributed by atoms with Crippen molar-refractivity contribution >= 4 is 18.5 Å². The van der Waals surface area contributed by atoms with Gasteiger partial charge in [-0.25, -0.2) is 4.39 Å². The molecular formula is C18H23BFNO3. The molecule has 1 aromatic rings. The Hall–Kier alpha value is -1.40. The van der Waals surface area contributed by atoms with Gasteiger partial charge in [0.15, 0.2) is 0 Å². The number of benzene rings is 1.